The van der Waals surface area contributed by atoms with Gasteiger partial charge in [-0.05, 0) is 37.6 Å². The molecule has 0 aromatic heterocycles. The van der Waals surface area contributed by atoms with E-state index in [4.69, 9.17) is 16.9 Å². The van der Waals surface area contributed by atoms with Gasteiger partial charge in [-0.15, -0.1) is 0 Å². The van der Waals surface area contributed by atoms with Crippen molar-refractivity contribution in [2.45, 2.75) is 32.9 Å². The summed E-state index contributed by atoms with van der Waals surface area (Å²) in [5, 5.41) is 12.1. The molecule has 4 nitrogen and oxygen atoms in total. The molecule has 0 unspecified atom stereocenters. The van der Waals surface area contributed by atoms with E-state index in [0.717, 1.165) is 6.54 Å². The monoisotopic (exact) mass is 355 g/mol. The molecule has 1 N–H and O–H groups in total. The van der Waals surface area contributed by atoms with Crippen LogP contribution in [0.3, 0.4) is 0 Å². The van der Waals surface area contributed by atoms with E-state index in [1.54, 1.807) is 18.2 Å². The number of rotatable bonds is 7. The summed E-state index contributed by atoms with van der Waals surface area (Å²) in [5.74, 6) is -0.0699. The van der Waals surface area contributed by atoms with Crippen LogP contribution in [0.1, 0.15) is 31.4 Å². The van der Waals surface area contributed by atoms with Crippen LogP contribution in [0.25, 0.3) is 0 Å². The van der Waals surface area contributed by atoms with Gasteiger partial charge in [0.25, 0.3) is 0 Å². The summed E-state index contributed by atoms with van der Waals surface area (Å²) in [4.78, 5) is 14.5. The molecule has 0 fully saturated rings. The Morgan fingerprint density at radius 1 is 1.24 bits per heavy atom. The minimum absolute atomic E-state index is 0.0699. The van der Waals surface area contributed by atoms with Crippen molar-refractivity contribution >= 4 is 23.2 Å². The third-order valence-electron chi connectivity index (χ3n) is 3.96. The number of benzene rings is 2. The summed E-state index contributed by atoms with van der Waals surface area (Å²) >= 11 is 5.99. The lowest BCUT2D eigenvalue weighted by Crippen LogP contribution is -2.33. The van der Waals surface area contributed by atoms with Gasteiger partial charge in [0.05, 0.1) is 10.6 Å². The molecule has 0 aliphatic carbocycles. The maximum Gasteiger partial charge on any atom is 0.225 e. The van der Waals surface area contributed by atoms with Gasteiger partial charge < -0.3 is 5.32 Å². The van der Waals surface area contributed by atoms with Gasteiger partial charge in [0, 0.05) is 31.2 Å². The van der Waals surface area contributed by atoms with Crippen molar-refractivity contribution in [3.05, 3.63) is 64.7 Å². The van der Waals surface area contributed by atoms with Crippen LogP contribution in [0, 0.1) is 11.3 Å². The number of hydrogen-bond donors (Lipinski definition) is 1. The molecule has 0 bridgehead atoms. The van der Waals surface area contributed by atoms with Gasteiger partial charge in [-0.1, -0.05) is 41.9 Å². The van der Waals surface area contributed by atoms with E-state index >= 15 is 0 Å². The molecule has 0 radical (unpaired) electrons. The summed E-state index contributed by atoms with van der Waals surface area (Å²) in [6, 6.07) is 17.5. The first-order valence-electron chi connectivity index (χ1n) is 8.27. The van der Waals surface area contributed by atoms with Crippen molar-refractivity contribution < 1.29 is 4.79 Å². The number of hydrogen-bond acceptors (Lipinski definition) is 3. The van der Waals surface area contributed by atoms with Crippen LogP contribution in [-0.4, -0.2) is 23.4 Å². The van der Waals surface area contributed by atoms with Crippen LogP contribution in [-0.2, 0) is 11.3 Å². The highest BCUT2D eigenvalue weighted by molar-refractivity contribution is 6.32. The molecule has 25 heavy (non-hydrogen) atoms. The molecule has 0 aliphatic heterocycles. The average Bonchev–Trinajstić information content (AvgIpc) is 2.59. The van der Waals surface area contributed by atoms with Gasteiger partial charge in [-0.25, -0.2) is 0 Å². The molecule has 0 saturated heterocycles. The summed E-state index contributed by atoms with van der Waals surface area (Å²) in [7, 11) is 0. The SMILES string of the molecule is CC(C)N(CCC(=O)Nc1ccc(C#N)c(Cl)c1)Cc1ccccc1. The molecular formula is C20H22ClN3O. The second-order valence-electron chi connectivity index (χ2n) is 6.15. The normalized spacial score (nSPS) is 10.7. The van der Waals surface area contributed by atoms with E-state index < -0.39 is 0 Å². The van der Waals surface area contributed by atoms with Crippen molar-refractivity contribution in [2.75, 3.05) is 11.9 Å². The lowest BCUT2D eigenvalue weighted by molar-refractivity contribution is -0.116. The summed E-state index contributed by atoms with van der Waals surface area (Å²) in [6.07, 6.45) is 0.392. The highest BCUT2D eigenvalue weighted by atomic mass is 35.5. The topological polar surface area (TPSA) is 56.1 Å². The van der Waals surface area contributed by atoms with Crippen LogP contribution in [0.15, 0.2) is 48.5 Å². The molecule has 130 valence electrons. The van der Waals surface area contributed by atoms with E-state index in [-0.39, 0.29) is 5.91 Å². The molecule has 2 rings (SSSR count). The zero-order valence-electron chi connectivity index (χ0n) is 14.5. The fourth-order valence-electron chi connectivity index (χ4n) is 2.49. The number of halogens is 1. The molecule has 0 atom stereocenters. The molecule has 2 aromatic carbocycles. The van der Waals surface area contributed by atoms with Gasteiger partial charge in [0.1, 0.15) is 6.07 Å². The fourth-order valence-corrected chi connectivity index (χ4v) is 2.71. The van der Waals surface area contributed by atoms with Gasteiger partial charge in [-0.3, -0.25) is 9.69 Å². The van der Waals surface area contributed by atoms with Crippen LogP contribution in [0.4, 0.5) is 5.69 Å². The predicted molar refractivity (Wildman–Crippen MR) is 101 cm³/mol. The third-order valence-corrected chi connectivity index (χ3v) is 4.27. The highest BCUT2D eigenvalue weighted by Crippen LogP contribution is 2.20. The lowest BCUT2D eigenvalue weighted by atomic mass is 10.1. The number of carbonyl (C=O) groups is 1. The molecule has 0 saturated carbocycles. The second-order valence-corrected chi connectivity index (χ2v) is 6.56. The van der Waals surface area contributed by atoms with E-state index in [1.807, 2.05) is 24.3 Å². The van der Waals surface area contributed by atoms with E-state index in [0.29, 0.717) is 35.3 Å². The quantitative estimate of drug-likeness (QED) is 0.798. The van der Waals surface area contributed by atoms with Crippen LogP contribution in [0.2, 0.25) is 5.02 Å². The third kappa shape index (κ3) is 5.90. The fraction of sp³-hybridized carbons (Fsp3) is 0.300. The predicted octanol–water partition coefficient (Wildman–Crippen LogP) is 4.45. The highest BCUT2D eigenvalue weighted by Gasteiger charge is 2.13. The first kappa shape index (κ1) is 19.0. The summed E-state index contributed by atoms with van der Waals surface area (Å²) in [5.41, 5.74) is 2.23. The van der Waals surface area contributed by atoms with E-state index in [1.165, 1.54) is 5.56 Å². The van der Waals surface area contributed by atoms with Gasteiger partial charge in [-0.2, -0.15) is 5.26 Å². The minimum Gasteiger partial charge on any atom is -0.326 e. The van der Waals surface area contributed by atoms with E-state index in [9.17, 15) is 4.79 Å². The maximum atomic E-state index is 12.2. The number of carbonyl (C=O) groups excluding carboxylic acids is 1. The molecule has 1 amide bonds. The molecular weight excluding hydrogens is 334 g/mol. The minimum atomic E-state index is -0.0699. The molecule has 0 spiro atoms. The van der Waals surface area contributed by atoms with Crippen molar-refractivity contribution in [1.82, 2.24) is 4.90 Å². The van der Waals surface area contributed by atoms with Gasteiger partial charge in [0.15, 0.2) is 0 Å². The number of nitrogens with one attached hydrogen (secondary N) is 1. The molecule has 2 aromatic rings. The van der Waals surface area contributed by atoms with Crippen LogP contribution < -0.4 is 5.32 Å². The summed E-state index contributed by atoms with van der Waals surface area (Å²) < 4.78 is 0. The van der Waals surface area contributed by atoms with Crippen LogP contribution >= 0.6 is 11.6 Å². The number of anilines is 1. The number of nitriles is 1. The Hall–Kier alpha value is -2.35. The maximum absolute atomic E-state index is 12.2. The number of amides is 1. The Labute approximate surface area is 154 Å². The Morgan fingerprint density at radius 3 is 2.56 bits per heavy atom. The van der Waals surface area contributed by atoms with Gasteiger partial charge >= 0.3 is 0 Å². The molecule has 0 heterocycles. The average molecular weight is 356 g/mol. The van der Waals surface area contributed by atoms with Crippen molar-refractivity contribution in [3.63, 3.8) is 0 Å². The van der Waals surface area contributed by atoms with Crippen molar-refractivity contribution in [2.24, 2.45) is 0 Å². The first-order chi connectivity index (χ1) is 12.0. The zero-order chi connectivity index (χ0) is 18.2. The Kier molecular flexibility index (Phi) is 7.00. The van der Waals surface area contributed by atoms with Crippen molar-refractivity contribution in [1.29, 1.82) is 5.26 Å². The van der Waals surface area contributed by atoms with Gasteiger partial charge in [0.2, 0.25) is 5.91 Å². The standard InChI is InChI=1S/C20H22ClN3O/c1-15(2)24(14-16-6-4-3-5-7-16)11-10-20(25)23-18-9-8-17(13-22)19(21)12-18/h3-9,12,15H,10-11,14H2,1-2H3,(H,23,25). The molecule has 5 heteroatoms. The Bertz CT molecular complexity index is 753. The first-order valence-corrected chi connectivity index (χ1v) is 8.65. The Morgan fingerprint density at radius 2 is 1.96 bits per heavy atom. The zero-order valence-corrected chi connectivity index (χ0v) is 15.3. The van der Waals surface area contributed by atoms with E-state index in [2.05, 4.69) is 36.2 Å². The summed E-state index contributed by atoms with van der Waals surface area (Å²) in [6.45, 7) is 5.74. The smallest absolute Gasteiger partial charge is 0.225 e. The lowest BCUT2D eigenvalue weighted by Gasteiger charge is -2.26. The molecule has 0 aliphatic rings. The second kappa shape index (κ2) is 9.22. The van der Waals surface area contributed by atoms with Crippen molar-refractivity contribution in [3.8, 4) is 6.07 Å². The van der Waals surface area contributed by atoms with Crippen LogP contribution in [0.5, 0.6) is 0 Å². The Balaban J connectivity index is 1.90. The largest absolute Gasteiger partial charge is 0.326 e. The number of nitrogens with zero attached hydrogens (tertiary/aromatic N) is 2.